The van der Waals surface area contributed by atoms with Crippen LogP contribution in [0.5, 0.6) is 5.75 Å². The van der Waals surface area contributed by atoms with Gasteiger partial charge in [0.1, 0.15) is 18.2 Å². The largest absolute Gasteiger partial charge is 0.492 e. The predicted molar refractivity (Wildman–Crippen MR) is 125 cm³/mol. The van der Waals surface area contributed by atoms with Crippen molar-refractivity contribution in [2.24, 2.45) is 4.99 Å². The van der Waals surface area contributed by atoms with Crippen molar-refractivity contribution in [2.75, 3.05) is 33.3 Å². The Labute approximate surface area is 188 Å². The molecule has 0 aliphatic rings. The highest BCUT2D eigenvalue weighted by Crippen LogP contribution is 2.10. The molecular formula is C21H28FIN4O2. The van der Waals surface area contributed by atoms with Gasteiger partial charge in [-0.05, 0) is 36.8 Å². The van der Waals surface area contributed by atoms with Crippen molar-refractivity contribution in [3.63, 3.8) is 0 Å². The molecule has 2 aromatic rings. The number of hydrogen-bond acceptors (Lipinski definition) is 3. The fourth-order valence-corrected chi connectivity index (χ4v) is 2.43. The third kappa shape index (κ3) is 10.1. The van der Waals surface area contributed by atoms with Crippen LogP contribution in [0.3, 0.4) is 0 Å². The number of rotatable bonds is 9. The molecule has 2 rings (SSSR count). The zero-order valence-electron chi connectivity index (χ0n) is 16.7. The second-order valence-corrected chi connectivity index (χ2v) is 6.24. The quantitative estimate of drug-likeness (QED) is 0.208. The van der Waals surface area contributed by atoms with Gasteiger partial charge in [-0.2, -0.15) is 0 Å². The molecule has 0 atom stereocenters. The van der Waals surface area contributed by atoms with Crippen LogP contribution in [-0.4, -0.2) is 45.2 Å². The van der Waals surface area contributed by atoms with Crippen molar-refractivity contribution < 1.29 is 13.9 Å². The van der Waals surface area contributed by atoms with E-state index in [1.807, 2.05) is 31.2 Å². The van der Waals surface area contributed by atoms with E-state index >= 15 is 0 Å². The molecule has 2 aromatic carbocycles. The number of halogens is 2. The molecule has 0 unspecified atom stereocenters. The van der Waals surface area contributed by atoms with E-state index < -0.39 is 0 Å². The molecule has 1 amide bonds. The summed E-state index contributed by atoms with van der Waals surface area (Å²) in [7, 11) is 1.68. The minimum absolute atomic E-state index is 0. The minimum Gasteiger partial charge on any atom is -0.492 e. The highest BCUT2D eigenvalue weighted by Gasteiger charge is 2.03. The van der Waals surface area contributed by atoms with E-state index in [0.717, 1.165) is 11.3 Å². The maximum atomic E-state index is 12.9. The Morgan fingerprint density at radius 1 is 0.966 bits per heavy atom. The summed E-state index contributed by atoms with van der Waals surface area (Å²) in [5.41, 5.74) is 1.97. The first-order chi connectivity index (χ1) is 13.6. The molecule has 0 spiro atoms. The Balaban J connectivity index is 0.00000420. The van der Waals surface area contributed by atoms with Gasteiger partial charge in [-0.15, -0.1) is 24.0 Å². The standard InChI is InChI=1S/C21H27FN4O2.HI/c1-16-3-9-19(10-4-16)28-14-13-26-21(23-2)25-12-11-24-20(27)15-17-5-7-18(22)8-6-17;/h3-10H,11-15H2,1-2H3,(H,24,27)(H2,23,25,26);1H. The lowest BCUT2D eigenvalue weighted by Gasteiger charge is -2.13. The summed E-state index contributed by atoms with van der Waals surface area (Å²) in [6.45, 7) is 4.14. The number of aliphatic imine (C=N–C) groups is 1. The van der Waals surface area contributed by atoms with E-state index in [4.69, 9.17) is 4.74 Å². The fraction of sp³-hybridized carbons (Fsp3) is 0.333. The molecule has 0 aliphatic heterocycles. The van der Waals surface area contributed by atoms with E-state index in [1.165, 1.54) is 17.7 Å². The number of benzene rings is 2. The Hall–Kier alpha value is -2.36. The molecule has 0 bridgehead atoms. The van der Waals surface area contributed by atoms with Gasteiger partial charge in [-0.3, -0.25) is 9.79 Å². The highest BCUT2D eigenvalue weighted by molar-refractivity contribution is 14.0. The third-order valence-corrected chi connectivity index (χ3v) is 3.93. The van der Waals surface area contributed by atoms with Crippen LogP contribution in [0.4, 0.5) is 4.39 Å². The molecule has 0 heterocycles. The van der Waals surface area contributed by atoms with Crippen molar-refractivity contribution in [1.29, 1.82) is 0 Å². The zero-order chi connectivity index (χ0) is 20.2. The zero-order valence-corrected chi connectivity index (χ0v) is 19.0. The third-order valence-electron chi connectivity index (χ3n) is 3.93. The minimum atomic E-state index is -0.309. The number of amides is 1. The van der Waals surface area contributed by atoms with Gasteiger partial charge >= 0.3 is 0 Å². The topological polar surface area (TPSA) is 74.8 Å². The number of nitrogens with zero attached hydrogens (tertiary/aromatic N) is 1. The fourth-order valence-electron chi connectivity index (χ4n) is 2.43. The number of guanidine groups is 1. The second-order valence-electron chi connectivity index (χ2n) is 6.24. The lowest BCUT2D eigenvalue weighted by Crippen LogP contribution is -2.42. The number of carbonyl (C=O) groups is 1. The molecular weight excluding hydrogens is 486 g/mol. The van der Waals surface area contributed by atoms with E-state index in [9.17, 15) is 9.18 Å². The molecule has 3 N–H and O–H groups in total. The summed E-state index contributed by atoms with van der Waals surface area (Å²) in [6.07, 6.45) is 0.226. The number of ether oxygens (including phenoxy) is 1. The van der Waals surface area contributed by atoms with Crippen LogP contribution in [0.25, 0.3) is 0 Å². The molecule has 0 saturated heterocycles. The monoisotopic (exact) mass is 514 g/mol. The first-order valence-corrected chi connectivity index (χ1v) is 9.22. The van der Waals surface area contributed by atoms with Gasteiger partial charge in [0.15, 0.2) is 5.96 Å². The van der Waals surface area contributed by atoms with Crippen molar-refractivity contribution in [3.8, 4) is 5.75 Å². The molecule has 0 saturated carbocycles. The van der Waals surface area contributed by atoms with Gasteiger partial charge in [0.25, 0.3) is 0 Å². The van der Waals surface area contributed by atoms with Crippen molar-refractivity contribution in [2.45, 2.75) is 13.3 Å². The molecule has 0 fully saturated rings. The Morgan fingerprint density at radius 2 is 1.59 bits per heavy atom. The molecule has 0 aromatic heterocycles. The van der Waals surface area contributed by atoms with Gasteiger partial charge in [-0.1, -0.05) is 29.8 Å². The average molecular weight is 514 g/mol. The van der Waals surface area contributed by atoms with E-state index in [0.29, 0.717) is 32.2 Å². The maximum Gasteiger partial charge on any atom is 0.224 e. The van der Waals surface area contributed by atoms with Crippen LogP contribution < -0.4 is 20.7 Å². The molecule has 158 valence electrons. The lowest BCUT2D eigenvalue weighted by atomic mass is 10.1. The smallest absolute Gasteiger partial charge is 0.224 e. The summed E-state index contributed by atoms with van der Waals surface area (Å²) >= 11 is 0. The number of hydrogen-bond donors (Lipinski definition) is 3. The molecule has 8 heteroatoms. The van der Waals surface area contributed by atoms with Gasteiger partial charge < -0.3 is 20.7 Å². The first kappa shape index (κ1) is 24.7. The van der Waals surface area contributed by atoms with Crippen LogP contribution in [-0.2, 0) is 11.2 Å². The summed E-state index contributed by atoms with van der Waals surface area (Å²) < 4.78 is 18.5. The second kappa shape index (κ2) is 13.8. The first-order valence-electron chi connectivity index (χ1n) is 9.22. The van der Waals surface area contributed by atoms with Crippen LogP contribution in [0, 0.1) is 12.7 Å². The van der Waals surface area contributed by atoms with E-state index in [-0.39, 0.29) is 42.1 Å². The van der Waals surface area contributed by atoms with Gasteiger partial charge in [-0.25, -0.2) is 4.39 Å². The predicted octanol–water partition coefficient (Wildman–Crippen LogP) is 2.65. The van der Waals surface area contributed by atoms with Crippen LogP contribution in [0.2, 0.25) is 0 Å². The SMILES string of the molecule is CN=C(NCCNC(=O)Cc1ccc(F)cc1)NCCOc1ccc(C)cc1.I. The number of nitrogens with one attached hydrogen (secondary N) is 3. The van der Waals surface area contributed by atoms with Crippen LogP contribution in [0.1, 0.15) is 11.1 Å². The molecule has 0 aliphatic carbocycles. The van der Waals surface area contributed by atoms with Crippen molar-refractivity contribution in [1.82, 2.24) is 16.0 Å². The molecule has 29 heavy (non-hydrogen) atoms. The molecule has 0 radical (unpaired) electrons. The lowest BCUT2D eigenvalue weighted by molar-refractivity contribution is -0.120. The normalized spacial score (nSPS) is 10.7. The van der Waals surface area contributed by atoms with Crippen molar-refractivity contribution in [3.05, 3.63) is 65.5 Å². The van der Waals surface area contributed by atoms with Gasteiger partial charge in [0.2, 0.25) is 5.91 Å². The highest BCUT2D eigenvalue weighted by atomic mass is 127. The van der Waals surface area contributed by atoms with E-state index in [1.54, 1.807) is 19.2 Å². The Kier molecular flexibility index (Phi) is 11.7. The Morgan fingerprint density at radius 3 is 2.24 bits per heavy atom. The van der Waals surface area contributed by atoms with Gasteiger partial charge in [0.05, 0.1) is 13.0 Å². The van der Waals surface area contributed by atoms with Crippen molar-refractivity contribution >= 4 is 35.8 Å². The summed E-state index contributed by atoms with van der Waals surface area (Å²) in [4.78, 5) is 16.0. The molecule has 6 nitrogen and oxygen atoms in total. The number of carbonyl (C=O) groups excluding carboxylic acids is 1. The maximum absolute atomic E-state index is 12.9. The summed E-state index contributed by atoms with van der Waals surface area (Å²) in [6, 6.07) is 13.8. The average Bonchev–Trinajstić information content (AvgIpc) is 2.70. The van der Waals surface area contributed by atoms with Gasteiger partial charge in [0, 0.05) is 20.1 Å². The number of aryl methyl sites for hydroxylation is 1. The van der Waals surface area contributed by atoms with Crippen LogP contribution in [0.15, 0.2) is 53.5 Å². The Bertz CT molecular complexity index is 767. The van der Waals surface area contributed by atoms with E-state index in [2.05, 4.69) is 20.9 Å². The summed E-state index contributed by atoms with van der Waals surface area (Å²) in [5, 5.41) is 9.09. The summed E-state index contributed by atoms with van der Waals surface area (Å²) in [5.74, 6) is 1.05. The van der Waals surface area contributed by atoms with Crippen LogP contribution >= 0.6 is 24.0 Å².